The zero-order chi connectivity index (χ0) is 21.8. The van der Waals surface area contributed by atoms with Crippen LogP contribution in [0.4, 0.5) is 0 Å². The number of hydrogen-bond acceptors (Lipinski definition) is 5. The molecule has 4 rings (SSSR count). The summed E-state index contributed by atoms with van der Waals surface area (Å²) in [5.74, 6) is 1.70. The third kappa shape index (κ3) is 4.49. The highest BCUT2D eigenvalue weighted by atomic mass is 16.5. The Hall–Kier alpha value is -2.73. The van der Waals surface area contributed by atoms with Gasteiger partial charge in [-0.3, -0.25) is 9.69 Å². The van der Waals surface area contributed by atoms with Gasteiger partial charge in [0, 0.05) is 37.8 Å². The predicted molar refractivity (Wildman–Crippen MR) is 120 cm³/mol. The topological polar surface area (TPSA) is 51.2 Å². The van der Waals surface area contributed by atoms with Crippen LogP contribution < -0.4 is 14.2 Å². The summed E-state index contributed by atoms with van der Waals surface area (Å²) in [6.45, 7) is 10.8. The quantitative estimate of drug-likeness (QED) is 0.646. The van der Waals surface area contributed by atoms with Crippen LogP contribution in [-0.2, 0) is 13.0 Å². The Balaban J connectivity index is 1.45. The molecule has 6 nitrogen and oxygen atoms in total. The van der Waals surface area contributed by atoms with Crippen LogP contribution in [-0.4, -0.2) is 61.2 Å². The van der Waals surface area contributed by atoms with E-state index in [9.17, 15) is 4.79 Å². The number of carbonyl (C=O) groups is 1. The maximum atomic E-state index is 13.2. The van der Waals surface area contributed by atoms with E-state index in [1.165, 1.54) is 11.1 Å². The smallest absolute Gasteiger partial charge is 0.254 e. The van der Waals surface area contributed by atoms with Crippen LogP contribution in [0.1, 0.15) is 42.3 Å². The van der Waals surface area contributed by atoms with Crippen LogP contribution in [0.25, 0.3) is 0 Å². The second kappa shape index (κ2) is 9.60. The second-order valence-electron chi connectivity index (χ2n) is 7.95. The summed E-state index contributed by atoms with van der Waals surface area (Å²) < 4.78 is 17.3. The number of fused-ring (bicyclic) bond motifs is 1. The predicted octanol–water partition coefficient (Wildman–Crippen LogP) is 3.77. The number of likely N-dealkylation sites (tertiary alicyclic amines) is 1. The number of amides is 1. The summed E-state index contributed by atoms with van der Waals surface area (Å²) in [5.41, 5.74) is 3.44. The van der Waals surface area contributed by atoms with Gasteiger partial charge in [-0.15, -0.1) is 0 Å². The van der Waals surface area contributed by atoms with Crippen LogP contribution >= 0.6 is 0 Å². The molecule has 2 aliphatic rings. The van der Waals surface area contributed by atoms with Crippen molar-refractivity contribution in [2.24, 2.45) is 0 Å². The summed E-state index contributed by atoms with van der Waals surface area (Å²) >= 11 is 0. The van der Waals surface area contributed by atoms with Gasteiger partial charge in [-0.05, 0) is 50.5 Å². The standard InChI is InChI=1S/C25H32N2O4/c1-4-29-22-13-20(14-23(30-5-2)24(22)31-6-3)25(28)27-16-21(17-27)26-12-11-18-9-7-8-10-19(18)15-26/h7-10,13-14,21H,4-6,11-12,15-17H2,1-3H3. The Morgan fingerprint density at radius 1 is 0.935 bits per heavy atom. The second-order valence-corrected chi connectivity index (χ2v) is 7.95. The van der Waals surface area contributed by atoms with Crippen molar-refractivity contribution in [2.45, 2.75) is 39.8 Å². The van der Waals surface area contributed by atoms with Gasteiger partial charge >= 0.3 is 0 Å². The van der Waals surface area contributed by atoms with Crippen LogP contribution in [0.15, 0.2) is 36.4 Å². The molecule has 2 heterocycles. The van der Waals surface area contributed by atoms with Gasteiger partial charge < -0.3 is 19.1 Å². The number of ether oxygens (including phenoxy) is 3. The number of hydrogen-bond donors (Lipinski definition) is 0. The minimum Gasteiger partial charge on any atom is -0.490 e. The Morgan fingerprint density at radius 2 is 1.55 bits per heavy atom. The van der Waals surface area contributed by atoms with Crippen LogP contribution in [0.3, 0.4) is 0 Å². The lowest BCUT2D eigenvalue weighted by atomic mass is 9.96. The van der Waals surface area contributed by atoms with Gasteiger partial charge in [-0.1, -0.05) is 24.3 Å². The minimum absolute atomic E-state index is 0.0126. The van der Waals surface area contributed by atoms with E-state index in [0.29, 0.717) is 48.7 Å². The lowest BCUT2D eigenvalue weighted by Gasteiger charge is -2.47. The van der Waals surface area contributed by atoms with Crippen LogP contribution in [0.2, 0.25) is 0 Å². The van der Waals surface area contributed by atoms with Gasteiger partial charge in [0.25, 0.3) is 5.91 Å². The zero-order valence-electron chi connectivity index (χ0n) is 18.7. The molecule has 0 N–H and O–H groups in total. The largest absolute Gasteiger partial charge is 0.490 e. The van der Waals surface area contributed by atoms with E-state index in [-0.39, 0.29) is 5.91 Å². The number of nitrogens with zero attached hydrogens (tertiary/aromatic N) is 2. The van der Waals surface area contributed by atoms with Gasteiger partial charge in [0.05, 0.1) is 19.8 Å². The lowest BCUT2D eigenvalue weighted by Crippen LogP contribution is -2.61. The van der Waals surface area contributed by atoms with Crippen LogP contribution in [0, 0.1) is 0 Å². The Labute approximate surface area is 184 Å². The number of carbonyl (C=O) groups excluding carboxylic acids is 1. The third-order valence-corrected chi connectivity index (χ3v) is 5.98. The van der Waals surface area contributed by atoms with Crippen molar-refractivity contribution in [3.8, 4) is 17.2 Å². The molecular weight excluding hydrogens is 392 g/mol. The number of benzene rings is 2. The van der Waals surface area contributed by atoms with Crippen molar-refractivity contribution in [1.82, 2.24) is 9.80 Å². The van der Waals surface area contributed by atoms with Crippen molar-refractivity contribution >= 4 is 5.91 Å². The molecule has 2 aliphatic heterocycles. The molecule has 166 valence electrons. The fraction of sp³-hybridized carbons (Fsp3) is 0.480. The summed E-state index contributed by atoms with van der Waals surface area (Å²) in [4.78, 5) is 17.6. The fourth-order valence-corrected chi connectivity index (χ4v) is 4.38. The first-order chi connectivity index (χ1) is 15.1. The normalized spacial score (nSPS) is 16.4. The van der Waals surface area contributed by atoms with Gasteiger partial charge in [-0.2, -0.15) is 0 Å². The average molecular weight is 425 g/mol. The number of rotatable bonds is 8. The molecule has 0 atom stereocenters. The molecule has 0 bridgehead atoms. The van der Waals surface area contributed by atoms with E-state index in [1.54, 1.807) is 12.1 Å². The molecule has 0 radical (unpaired) electrons. The molecule has 0 saturated carbocycles. The van der Waals surface area contributed by atoms with Gasteiger partial charge in [-0.25, -0.2) is 0 Å². The molecular formula is C25H32N2O4. The molecule has 2 aromatic carbocycles. The van der Waals surface area contributed by atoms with Crippen molar-refractivity contribution < 1.29 is 19.0 Å². The molecule has 0 unspecified atom stereocenters. The summed E-state index contributed by atoms with van der Waals surface area (Å²) in [6.07, 6.45) is 1.08. The fourth-order valence-electron chi connectivity index (χ4n) is 4.38. The molecule has 0 aromatic heterocycles. The Bertz CT molecular complexity index is 896. The van der Waals surface area contributed by atoms with Crippen LogP contribution in [0.5, 0.6) is 17.2 Å². The highest BCUT2D eigenvalue weighted by Gasteiger charge is 2.36. The molecule has 1 amide bonds. The monoisotopic (exact) mass is 424 g/mol. The molecule has 1 fully saturated rings. The molecule has 1 saturated heterocycles. The molecule has 6 heteroatoms. The van der Waals surface area contributed by atoms with Crippen molar-refractivity contribution in [3.63, 3.8) is 0 Å². The van der Waals surface area contributed by atoms with E-state index in [2.05, 4.69) is 29.2 Å². The average Bonchev–Trinajstić information content (AvgIpc) is 2.75. The maximum Gasteiger partial charge on any atom is 0.254 e. The van der Waals surface area contributed by atoms with Crippen molar-refractivity contribution in [3.05, 3.63) is 53.1 Å². The highest BCUT2D eigenvalue weighted by Crippen LogP contribution is 2.40. The first-order valence-corrected chi connectivity index (χ1v) is 11.3. The molecule has 2 aromatic rings. The molecule has 31 heavy (non-hydrogen) atoms. The van der Waals surface area contributed by atoms with E-state index >= 15 is 0 Å². The summed E-state index contributed by atoms with van der Waals surface area (Å²) in [5, 5.41) is 0. The first-order valence-electron chi connectivity index (χ1n) is 11.3. The van der Waals surface area contributed by atoms with Gasteiger partial charge in [0.15, 0.2) is 11.5 Å². The highest BCUT2D eigenvalue weighted by molar-refractivity contribution is 5.96. The van der Waals surface area contributed by atoms with Gasteiger partial charge in [0.1, 0.15) is 0 Å². The minimum atomic E-state index is 0.0126. The van der Waals surface area contributed by atoms with Crippen molar-refractivity contribution in [2.75, 3.05) is 39.5 Å². The van der Waals surface area contributed by atoms with E-state index < -0.39 is 0 Å². The maximum absolute atomic E-state index is 13.2. The van der Waals surface area contributed by atoms with E-state index in [1.807, 2.05) is 25.7 Å². The SMILES string of the molecule is CCOc1cc(C(=O)N2CC(N3CCc4ccccc4C3)C2)cc(OCC)c1OCC. The molecule has 0 spiro atoms. The zero-order valence-corrected chi connectivity index (χ0v) is 18.7. The van der Waals surface area contributed by atoms with E-state index in [4.69, 9.17) is 14.2 Å². The van der Waals surface area contributed by atoms with E-state index in [0.717, 1.165) is 32.6 Å². The van der Waals surface area contributed by atoms with Crippen molar-refractivity contribution in [1.29, 1.82) is 0 Å². The Kier molecular flexibility index (Phi) is 6.66. The lowest BCUT2D eigenvalue weighted by molar-refractivity contribution is 0.0218. The Morgan fingerprint density at radius 3 is 2.16 bits per heavy atom. The third-order valence-electron chi connectivity index (χ3n) is 5.98. The summed E-state index contributed by atoms with van der Waals surface area (Å²) in [7, 11) is 0. The first kappa shape index (κ1) is 21.5. The molecule has 0 aliphatic carbocycles. The van der Waals surface area contributed by atoms with Gasteiger partial charge in [0.2, 0.25) is 5.75 Å². The summed E-state index contributed by atoms with van der Waals surface area (Å²) in [6, 6.07) is 12.6.